The number of aromatic nitrogens is 2. The summed E-state index contributed by atoms with van der Waals surface area (Å²) in [7, 11) is 0. The lowest BCUT2D eigenvalue weighted by atomic mass is 10.3. The molecule has 130 valence electrons. The van der Waals surface area contributed by atoms with Crippen molar-refractivity contribution in [1.29, 1.82) is 0 Å². The lowest BCUT2D eigenvalue weighted by molar-refractivity contribution is -0.384. The average molecular weight is 354 g/mol. The molecular weight excluding hydrogens is 344 g/mol. The Labute approximate surface area is 144 Å². The molecule has 0 unspecified atom stereocenters. The van der Waals surface area contributed by atoms with E-state index < -0.39 is 9.85 Å². The molecule has 0 N–H and O–H groups in total. The smallest absolute Gasteiger partial charge is 0.273 e. The maximum Gasteiger partial charge on any atom is 0.273 e. The molecule has 0 bridgehead atoms. The van der Waals surface area contributed by atoms with Crippen LogP contribution < -0.4 is 0 Å². The molecule has 4 rings (SSSR count). The SMILES string of the molecule is O=[N+]([O-])c1ccc2nc(CCc3nc4ccc([N+](=O)[O-])cc4o3)oc2c1. The summed E-state index contributed by atoms with van der Waals surface area (Å²) in [6, 6.07) is 8.43. The fourth-order valence-corrected chi connectivity index (χ4v) is 2.58. The number of nitro groups is 2. The number of nitrogens with zero attached hydrogens (tertiary/aromatic N) is 4. The lowest BCUT2D eigenvalue weighted by Gasteiger charge is -1.91. The van der Waals surface area contributed by atoms with Gasteiger partial charge in [0.05, 0.1) is 22.0 Å². The van der Waals surface area contributed by atoms with Crippen LogP contribution in [0.2, 0.25) is 0 Å². The summed E-state index contributed by atoms with van der Waals surface area (Å²) in [5.74, 6) is 0.794. The van der Waals surface area contributed by atoms with E-state index in [0.29, 0.717) is 46.8 Å². The van der Waals surface area contributed by atoms with Gasteiger partial charge in [-0.3, -0.25) is 20.2 Å². The molecule has 0 aliphatic heterocycles. The Morgan fingerprint density at radius 1 is 0.769 bits per heavy atom. The Bertz CT molecular complexity index is 1070. The topological polar surface area (TPSA) is 138 Å². The van der Waals surface area contributed by atoms with Crippen LogP contribution in [0.5, 0.6) is 0 Å². The molecule has 2 aromatic heterocycles. The number of rotatable bonds is 5. The van der Waals surface area contributed by atoms with E-state index >= 15 is 0 Å². The Morgan fingerprint density at radius 2 is 1.19 bits per heavy atom. The van der Waals surface area contributed by atoms with Gasteiger partial charge in [-0.15, -0.1) is 0 Å². The van der Waals surface area contributed by atoms with Gasteiger partial charge >= 0.3 is 0 Å². The number of oxazole rings is 2. The Hall–Kier alpha value is -3.82. The predicted molar refractivity (Wildman–Crippen MR) is 88.7 cm³/mol. The number of hydrogen-bond acceptors (Lipinski definition) is 8. The second kappa shape index (κ2) is 5.92. The average Bonchev–Trinajstić information content (AvgIpc) is 3.21. The largest absolute Gasteiger partial charge is 0.440 e. The number of non-ortho nitro benzene ring substituents is 2. The van der Waals surface area contributed by atoms with Gasteiger partial charge < -0.3 is 8.83 Å². The van der Waals surface area contributed by atoms with Crippen LogP contribution in [-0.2, 0) is 12.8 Å². The van der Waals surface area contributed by atoms with Crippen molar-refractivity contribution in [2.45, 2.75) is 12.8 Å². The van der Waals surface area contributed by atoms with Gasteiger partial charge in [-0.05, 0) is 12.1 Å². The van der Waals surface area contributed by atoms with Crippen molar-refractivity contribution in [2.24, 2.45) is 0 Å². The van der Waals surface area contributed by atoms with Gasteiger partial charge in [0, 0.05) is 25.0 Å². The molecule has 0 spiro atoms. The summed E-state index contributed by atoms with van der Waals surface area (Å²) in [4.78, 5) is 29.1. The van der Waals surface area contributed by atoms with Crippen LogP contribution >= 0.6 is 0 Å². The van der Waals surface area contributed by atoms with E-state index in [2.05, 4.69) is 9.97 Å². The van der Waals surface area contributed by atoms with Crippen LogP contribution in [0.15, 0.2) is 45.2 Å². The van der Waals surface area contributed by atoms with Crippen molar-refractivity contribution in [1.82, 2.24) is 9.97 Å². The van der Waals surface area contributed by atoms with E-state index in [1.807, 2.05) is 0 Å². The maximum atomic E-state index is 10.8. The monoisotopic (exact) mass is 354 g/mol. The summed E-state index contributed by atoms with van der Waals surface area (Å²) in [6.45, 7) is 0. The molecule has 0 saturated heterocycles. The highest BCUT2D eigenvalue weighted by Gasteiger charge is 2.14. The second-order valence-corrected chi connectivity index (χ2v) is 5.53. The first kappa shape index (κ1) is 15.7. The summed E-state index contributed by atoms with van der Waals surface area (Å²) in [5, 5.41) is 21.6. The van der Waals surface area contributed by atoms with E-state index in [-0.39, 0.29) is 11.4 Å². The molecule has 0 fully saturated rings. The highest BCUT2D eigenvalue weighted by Crippen LogP contribution is 2.24. The fourth-order valence-electron chi connectivity index (χ4n) is 2.58. The molecular formula is C16H10N4O6. The van der Waals surface area contributed by atoms with Gasteiger partial charge in [-0.25, -0.2) is 9.97 Å². The highest BCUT2D eigenvalue weighted by molar-refractivity contribution is 5.76. The Kier molecular flexibility index (Phi) is 3.57. The summed E-state index contributed by atoms with van der Waals surface area (Å²) in [5.41, 5.74) is 1.59. The standard InChI is InChI=1S/C16H10N4O6/c21-19(22)9-1-3-11-13(7-9)25-15(17-11)5-6-16-18-12-4-2-10(20(23)24)8-14(12)26-16/h1-4,7-8H,5-6H2. The summed E-state index contributed by atoms with van der Waals surface area (Å²) in [6.07, 6.45) is 0.745. The second-order valence-electron chi connectivity index (χ2n) is 5.53. The first-order valence-electron chi connectivity index (χ1n) is 7.57. The predicted octanol–water partition coefficient (Wildman–Crippen LogP) is 3.57. The lowest BCUT2D eigenvalue weighted by Crippen LogP contribution is -1.91. The van der Waals surface area contributed by atoms with Crippen LogP contribution in [-0.4, -0.2) is 19.8 Å². The van der Waals surface area contributed by atoms with Gasteiger partial charge in [-0.1, -0.05) is 0 Å². The van der Waals surface area contributed by atoms with E-state index in [1.54, 1.807) is 0 Å². The number of fused-ring (bicyclic) bond motifs is 2. The van der Waals surface area contributed by atoms with Gasteiger partial charge in [0.2, 0.25) is 0 Å². The highest BCUT2D eigenvalue weighted by atomic mass is 16.6. The van der Waals surface area contributed by atoms with Gasteiger partial charge in [0.25, 0.3) is 11.4 Å². The van der Waals surface area contributed by atoms with Crippen LogP contribution in [0.25, 0.3) is 22.2 Å². The molecule has 0 aliphatic rings. The number of benzene rings is 2. The van der Waals surface area contributed by atoms with E-state index in [4.69, 9.17) is 8.83 Å². The van der Waals surface area contributed by atoms with Crippen molar-refractivity contribution in [3.63, 3.8) is 0 Å². The van der Waals surface area contributed by atoms with E-state index in [1.165, 1.54) is 36.4 Å². The van der Waals surface area contributed by atoms with Crippen molar-refractivity contribution in [3.8, 4) is 0 Å². The van der Waals surface area contributed by atoms with Crippen LogP contribution in [0, 0.1) is 20.2 Å². The molecule has 26 heavy (non-hydrogen) atoms. The zero-order valence-electron chi connectivity index (χ0n) is 13.1. The molecule has 10 nitrogen and oxygen atoms in total. The van der Waals surface area contributed by atoms with Crippen molar-refractivity contribution >= 4 is 33.6 Å². The van der Waals surface area contributed by atoms with Crippen molar-refractivity contribution < 1.29 is 18.7 Å². The van der Waals surface area contributed by atoms with Crippen molar-refractivity contribution in [2.75, 3.05) is 0 Å². The minimum atomic E-state index is -0.501. The van der Waals surface area contributed by atoms with E-state index in [0.717, 1.165) is 0 Å². The Balaban J connectivity index is 1.54. The molecule has 0 aliphatic carbocycles. The first-order chi connectivity index (χ1) is 12.5. The number of nitro benzene ring substituents is 2. The third-order valence-electron chi connectivity index (χ3n) is 3.81. The summed E-state index contributed by atoms with van der Waals surface area (Å²) >= 11 is 0. The van der Waals surface area contributed by atoms with Crippen molar-refractivity contribution in [3.05, 3.63) is 68.4 Å². The first-order valence-corrected chi connectivity index (χ1v) is 7.57. The third kappa shape index (κ3) is 2.83. The molecule has 0 radical (unpaired) electrons. The zero-order chi connectivity index (χ0) is 18.3. The van der Waals surface area contributed by atoms with Gasteiger partial charge in [-0.2, -0.15) is 0 Å². The minimum absolute atomic E-state index is 0.0688. The molecule has 0 amide bonds. The summed E-state index contributed by atoms with van der Waals surface area (Å²) < 4.78 is 11.1. The van der Waals surface area contributed by atoms with Crippen LogP contribution in [0.1, 0.15) is 11.8 Å². The quantitative estimate of drug-likeness (QED) is 0.391. The van der Waals surface area contributed by atoms with E-state index in [9.17, 15) is 20.2 Å². The Morgan fingerprint density at radius 3 is 1.58 bits per heavy atom. The van der Waals surface area contributed by atoms with Crippen LogP contribution in [0.4, 0.5) is 11.4 Å². The number of hydrogen-bond donors (Lipinski definition) is 0. The zero-order valence-corrected chi connectivity index (χ0v) is 13.1. The molecule has 2 heterocycles. The van der Waals surface area contributed by atoms with Gasteiger partial charge in [0.15, 0.2) is 22.9 Å². The normalized spacial score (nSPS) is 11.2. The molecule has 0 saturated carbocycles. The minimum Gasteiger partial charge on any atom is -0.440 e. The molecule has 2 aromatic carbocycles. The molecule has 4 aromatic rings. The maximum absolute atomic E-state index is 10.8. The van der Waals surface area contributed by atoms with Crippen LogP contribution in [0.3, 0.4) is 0 Å². The fraction of sp³-hybridized carbons (Fsp3) is 0.125. The third-order valence-corrected chi connectivity index (χ3v) is 3.81. The number of aryl methyl sites for hydroxylation is 2. The van der Waals surface area contributed by atoms with Gasteiger partial charge in [0.1, 0.15) is 11.0 Å². The molecule has 0 atom stereocenters. The molecule has 10 heteroatoms.